The number of rotatable bonds is 5. The highest BCUT2D eigenvalue weighted by molar-refractivity contribution is 6.31. The topological polar surface area (TPSA) is 12.0 Å². The van der Waals surface area contributed by atoms with Gasteiger partial charge in [0.25, 0.3) is 0 Å². The Balaban J connectivity index is 2.31. The quantitative estimate of drug-likeness (QED) is 0.581. The molecule has 0 aliphatic rings. The second-order valence-electron chi connectivity index (χ2n) is 3.48. The zero-order valence-corrected chi connectivity index (χ0v) is 9.27. The summed E-state index contributed by atoms with van der Waals surface area (Å²) in [5.41, 5.74) is 2.35. The van der Waals surface area contributed by atoms with Gasteiger partial charge >= 0.3 is 0 Å². The van der Waals surface area contributed by atoms with Crippen LogP contribution in [0, 0.1) is 0 Å². The van der Waals surface area contributed by atoms with Gasteiger partial charge in [0.05, 0.1) is 0 Å². The Morgan fingerprint density at radius 2 is 2.14 bits per heavy atom. The molecule has 0 radical (unpaired) electrons. The molecule has 1 aromatic carbocycles. The summed E-state index contributed by atoms with van der Waals surface area (Å²) in [7, 11) is 0. The van der Waals surface area contributed by atoms with E-state index in [0.717, 1.165) is 30.1 Å². The smallest absolute Gasteiger partial charge is 0.0438 e. The van der Waals surface area contributed by atoms with Crippen molar-refractivity contribution >= 4 is 11.6 Å². The van der Waals surface area contributed by atoms with Crippen LogP contribution in [0.5, 0.6) is 0 Å². The molecule has 1 N–H and O–H groups in total. The summed E-state index contributed by atoms with van der Waals surface area (Å²) >= 11 is 6.02. The summed E-state index contributed by atoms with van der Waals surface area (Å²) in [5.74, 6) is 0. The first-order valence-corrected chi connectivity index (χ1v) is 5.16. The summed E-state index contributed by atoms with van der Waals surface area (Å²) in [6, 6.07) is 7.95. The predicted octanol–water partition coefficient (Wildman–Crippen LogP) is 3.05. The molecule has 0 aromatic heterocycles. The van der Waals surface area contributed by atoms with Crippen LogP contribution in [0.2, 0.25) is 5.02 Å². The van der Waals surface area contributed by atoms with E-state index < -0.39 is 0 Å². The molecule has 1 nitrogen and oxygen atoms in total. The second-order valence-corrected chi connectivity index (χ2v) is 3.88. The van der Waals surface area contributed by atoms with Crippen LogP contribution in [0.1, 0.15) is 12.5 Å². The molecule has 0 heterocycles. The number of halogens is 1. The Morgan fingerprint density at radius 3 is 2.79 bits per heavy atom. The molecule has 0 fully saturated rings. The molecule has 2 heteroatoms. The number of hydrogen-bond donors (Lipinski definition) is 1. The zero-order chi connectivity index (χ0) is 10.4. The molecule has 0 amide bonds. The Hall–Kier alpha value is -0.790. The Morgan fingerprint density at radius 1 is 1.43 bits per heavy atom. The first-order chi connectivity index (χ1) is 6.70. The third kappa shape index (κ3) is 3.95. The summed E-state index contributed by atoms with van der Waals surface area (Å²) < 4.78 is 0. The van der Waals surface area contributed by atoms with E-state index in [1.54, 1.807) is 0 Å². The van der Waals surface area contributed by atoms with E-state index >= 15 is 0 Å². The number of benzene rings is 1. The molecular weight excluding hydrogens is 194 g/mol. The van der Waals surface area contributed by atoms with Crippen molar-refractivity contribution in [2.45, 2.75) is 13.3 Å². The average Bonchev–Trinajstić information content (AvgIpc) is 2.15. The molecule has 0 unspecified atom stereocenters. The molecule has 0 saturated carbocycles. The minimum absolute atomic E-state index is 0.852. The lowest BCUT2D eigenvalue weighted by atomic mass is 10.1. The maximum atomic E-state index is 6.02. The van der Waals surface area contributed by atoms with Gasteiger partial charge in [-0.1, -0.05) is 42.0 Å². The summed E-state index contributed by atoms with van der Waals surface area (Å²) in [6.07, 6.45) is 0.965. The van der Waals surface area contributed by atoms with E-state index in [2.05, 4.69) is 18.0 Å². The van der Waals surface area contributed by atoms with Crippen molar-refractivity contribution in [1.82, 2.24) is 5.32 Å². The van der Waals surface area contributed by atoms with Gasteiger partial charge in [0, 0.05) is 11.6 Å². The highest BCUT2D eigenvalue weighted by Gasteiger charge is 1.97. The lowest BCUT2D eigenvalue weighted by Gasteiger charge is -2.05. The van der Waals surface area contributed by atoms with Crippen molar-refractivity contribution < 1.29 is 0 Å². The maximum Gasteiger partial charge on any atom is 0.0438 e. The molecule has 0 atom stereocenters. The number of hydrogen-bond acceptors (Lipinski definition) is 1. The molecule has 1 aromatic rings. The van der Waals surface area contributed by atoms with Crippen LogP contribution in [-0.4, -0.2) is 13.1 Å². The lowest BCUT2D eigenvalue weighted by Crippen LogP contribution is -2.18. The highest BCUT2D eigenvalue weighted by Crippen LogP contribution is 2.14. The van der Waals surface area contributed by atoms with Crippen LogP contribution in [0.25, 0.3) is 0 Å². The molecule has 14 heavy (non-hydrogen) atoms. The Labute approximate surface area is 90.8 Å². The van der Waals surface area contributed by atoms with Crippen molar-refractivity contribution in [1.29, 1.82) is 0 Å². The van der Waals surface area contributed by atoms with E-state index in [4.69, 9.17) is 11.6 Å². The van der Waals surface area contributed by atoms with Crippen molar-refractivity contribution in [2.24, 2.45) is 0 Å². The highest BCUT2D eigenvalue weighted by atomic mass is 35.5. The Bertz CT molecular complexity index is 307. The molecule has 0 spiro atoms. The van der Waals surface area contributed by atoms with E-state index in [-0.39, 0.29) is 0 Å². The fourth-order valence-electron chi connectivity index (χ4n) is 1.23. The standard InChI is InChI=1S/C12H16ClN/c1-10(2)9-14-8-7-11-5-3-4-6-12(11)13/h3-6,14H,1,7-9H2,2H3. The van der Waals surface area contributed by atoms with Crippen LogP contribution in [0.4, 0.5) is 0 Å². The van der Waals surface area contributed by atoms with E-state index in [1.165, 1.54) is 5.56 Å². The van der Waals surface area contributed by atoms with Crippen molar-refractivity contribution in [2.75, 3.05) is 13.1 Å². The molecule has 76 valence electrons. The molecule has 0 aliphatic carbocycles. The first kappa shape index (κ1) is 11.3. The normalized spacial score (nSPS) is 10.1. The van der Waals surface area contributed by atoms with E-state index in [1.807, 2.05) is 25.1 Å². The predicted molar refractivity (Wildman–Crippen MR) is 62.8 cm³/mol. The third-order valence-electron chi connectivity index (χ3n) is 1.96. The van der Waals surface area contributed by atoms with Gasteiger partial charge in [-0.15, -0.1) is 0 Å². The first-order valence-electron chi connectivity index (χ1n) is 4.78. The van der Waals surface area contributed by atoms with Crippen molar-refractivity contribution in [3.05, 3.63) is 47.0 Å². The van der Waals surface area contributed by atoms with Gasteiger partial charge in [0.1, 0.15) is 0 Å². The lowest BCUT2D eigenvalue weighted by molar-refractivity contribution is 0.729. The molecule has 0 bridgehead atoms. The second kappa shape index (κ2) is 5.84. The molecule has 1 rings (SSSR count). The minimum Gasteiger partial charge on any atom is -0.313 e. The number of nitrogens with one attached hydrogen (secondary N) is 1. The van der Waals surface area contributed by atoms with Crippen LogP contribution in [0.15, 0.2) is 36.4 Å². The fraction of sp³-hybridized carbons (Fsp3) is 0.333. The van der Waals surface area contributed by atoms with Crippen LogP contribution in [-0.2, 0) is 6.42 Å². The maximum absolute atomic E-state index is 6.02. The molecular formula is C12H16ClN. The molecule has 0 saturated heterocycles. The average molecular weight is 210 g/mol. The summed E-state index contributed by atoms with van der Waals surface area (Å²) in [6.45, 7) is 7.67. The van der Waals surface area contributed by atoms with Gasteiger partial charge in [-0.25, -0.2) is 0 Å². The van der Waals surface area contributed by atoms with Gasteiger partial charge in [-0.3, -0.25) is 0 Å². The summed E-state index contributed by atoms with van der Waals surface area (Å²) in [4.78, 5) is 0. The monoisotopic (exact) mass is 209 g/mol. The van der Waals surface area contributed by atoms with Gasteiger partial charge in [0.2, 0.25) is 0 Å². The van der Waals surface area contributed by atoms with Crippen LogP contribution >= 0.6 is 11.6 Å². The van der Waals surface area contributed by atoms with Gasteiger partial charge < -0.3 is 5.32 Å². The SMILES string of the molecule is C=C(C)CNCCc1ccccc1Cl. The van der Waals surface area contributed by atoms with Crippen LogP contribution < -0.4 is 5.32 Å². The zero-order valence-electron chi connectivity index (χ0n) is 8.52. The summed E-state index contributed by atoms with van der Waals surface area (Å²) in [5, 5.41) is 4.15. The van der Waals surface area contributed by atoms with Gasteiger partial charge in [-0.05, 0) is 31.5 Å². The van der Waals surface area contributed by atoms with E-state index in [9.17, 15) is 0 Å². The van der Waals surface area contributed by atoms with Gasteiger partial charge in [-0.2, -0.15) is 0 Å². The third-order valence-corrected chi connectivity index (χ3v) is 2.32. The largest absolute Gasteiger partial charge is 0.313 e. The minimum atomic E-state index is 0.852. The van der Waals surface area contributed by atoms with Crippen molar-refractivity contribution in [3.63, 3.8) is 0 Å². The van der Waals surface area contributed by atoms with Crippen molar-refractivity contribution in [3.8, 4) is 0 Å². The Kier molecular flexibility index (Phi) is 4.71. The van der Waals surface area contributed by atoms with E-state index in [0.29, 0.717) is 0 Å². The van der Waals surface area contributed by atoms with Gasteiger partial charge in [0.15, 0.2) is 0 Å². The molecule has 0 aliphatic heterocycles. The fourth-order valence-corrected chi connectivity index (χ4v) is 1.46. The van der Waals surface area contributed by atoms with Crippen LogP contribution in [0.3, 0.4) is 0 Å².